The Kier molecular flexibility index (Phi) is 4.49. The fraction of sp³-hybridized carbons (Fsp3) is 0.538. The fourth-order valence-corrected chi connectivity index (χ4v) is 1.79. The van der Waals surface area contributed by atoms with E-state index in [0.29, 0.717) is 29.0 Å². The highest BCUT2D eigenvalue weighted by Crippen LogP contribution is 2.16. The molecular formula is C13H21N3O. The maximum atomic E-state index is 11.7. The summed E-state index contributed by atoms with van der Waals surface area (Å²) in [6, 6.07) is 1.37. The molecule has 0 spiro atoms. The molecule has 1 unspecified atom stereocenters. The molecule has 1 rings (SSSR count). The van der Waals surface area contributed by atoms with Crippen molar-refractivity contribution in [2.75, 3.05) is 5.73 Å². The number of hydrogen-bond acceptors (Lipinski definition) is 3. The minimum Gasteiger partial charge on any atom is -0.385 e. The monoisotopic (exact) mass is 235 g/mol. The lowest BCUT2D eigenvalue weighted by Gasteiger charge is -2.13. The lowest BCUT2D eigenvalue weighted by atomic mass is 9.95. The van der Waals surface area contributed by atoms with Gasteiger partial charge in [-0.2, -0.15) is 0 Å². The van der Waals surface area contributed by atoms with Crippen LogP contribution in [0.4, 0.5) is 11.5 Å². The Morgan fingerprint density at radius 3 is 2.65 bits per heavy atom. The van der Waals surface area contributed by atoms with Crippen LogP contribution in [-0.2, 0) is 0 Å². The molecule has 1 heterocycles. The summed E-state index contributed by atoms with van der Waals surface area (Å²) < 4.78 is 0. The predicted octanol–water partition coefficient (Wildman–Crippen LogP) is 2.65. The van der Waals surface area contributed by atoms with E-state index in [1.165, 1.54) is 6.07 Å². The number of hydrogen-bond donors (Lipinski definition) is 2. The molecule has 0 saturated heterocycles. The smallest absolute Gasteiger partial charge is 0.209 e. The maximum Gasteiger partial charge on any atom is 0.209 e. The molecule has 1 aromatic rings. The van der Waals surface area contributed by atoms with Crippen LogP contribution in [0.2, 0.25) is 0 Å². The molecule has 94 valence electrons. The Balaban J connectivity index is 3.03. The first kappa shape index (κ1) is 13.5. The zero-order chi connectivity index (χ0) is 13.0. The quantitative estimate of drug-likeness (QED) is 0.787. The number of H-pyrrole nitrogens is 1. The third-order valence-corrected chi connectivity index (χ3v) is 2.93. The van der Waals surface area contributed by atoms with Crippen molar-refractivity contribution in [3.8, 4) is 0 Å². The van der Waals surface area contributed by atoms with Gasteiger partial charge >= 0.3 is 0 Å². The van der Waals surface area contributed by atoms with E-state index in [9.17, 15) is 4.79 Å². The largest absolute Gasteiger partial charge is 0.385 e. The summed E-state index contributed by atoms with van der Waals surface area (Å²) in [5, 5.41) is 0. The van der Waals surface area contributed by atoms with Crippen LogP contribution in [0.25, 0.3) is 0 Å². The number of rotatable bonds is 4. The molecule has 4 heteroatoms. The van der Waals surface area contributed by atoms with Crippen LogP contribution in [0.15, 0.2) is 15.9 Å². The second kappa shape index (κ2) is 5.66. The van der Waals surface area contributed by atoms with Gasteiger partial charge in [-0.25, -0.2) is 0 Å². The molecule has 3 N–H and O–H groups in total. The molecule has 0 aliphatic heterocycles. The Morgan fingerprint density at radius 2 is 2.18 bits per heavy atom. The minimum absolute atomic E-state index is 0.131. The highest BCUT2D eigenvalue weighted by Gasteiger charge is 2.09. The summed E-state index contributed by atoms with van der Waals surface area (Å²) in [5.74, 6) is 1.30. The minimum atomic E-state index is -0.131. The van der Waals surface area contributed by atoms with Gasteiger partial charge in [0.25, 0.3) is 0 Å². The van der Waals surface area contributed by atoms with E-state index in [0.717, 1.165) is 6.42 Å². The molecule has 0 aliphatic rings. The van der Waals surface area contributed by atoms with Crippen molar-refractivity contribution in [1.29, 1.82) is 0 Å². The van der Waals surface area contributed by atoms with Crippen molar-refractivity contribution in [3.05, 3.63) is 22.0 Å². The van der Waals surface area contributed by atoms with Crippen molar-refractivity contribution in [1.82, 2.24) is 4.98 Å². The number of nitrogens with two attached hydrogens (primary N) is 1. The highest BCUT2D eigenvalue weighted by molar-refractivity contribution is 5.67. The summed E-state index contributed by atoms with van der Waals surface area (Å²) in [6.07, 6.45) is 2.89. The first-order valence-electron chi connectivity index (χ1n) is 5.99. The standard InChI is InChI=1S/C13H21N3O/c1-5-10(8(2)3)7-15-13-9(4)16-12(14)6-11(13)17/h6-8,10H,5H2,1-4H3,(H3,14,16,17). The molecule has 0 aromatic carbocycles. The Bertz CT molecular complexity index is 460. The fourth-order valence-electron chi connectivity index (χ4n) is 1.79. The van der Waals surface area contributed by atoms with Crippen LogP contribution in [0, 0.1) is 18.8 Å². The lowest BCUT2D eigenvalue weighted by Crippen LogP contribution is -2.10. The average Bonchev–Trinajstić information content (AvgIpc) is 2.21. The second-order valence-corrected chi connectivity index (χ2v) is 4.66. The highest BCUT2D eigenvalue weighted by atomic mass is 16.1. The zero-order valence-electron chi connectivity index (χ0n) is 10.9. The van der Waals surface area contributed by atoms with Crippen molar-refractivity contribution in [3.63, 3.8) is 0 Å². The number of aromatic amines is 1. The first-order chi connectivity index (χ1) is 7.95. The van der Waals surface area contributed by atoms with Gasteiger partial charge in [0.15, 0.2) is 0 Å². The van der Waals surface area contributed by atoms with Crippen molar-refractivity contribution in [2.24, 2.45) is 16.8 Å². The topological polar surface area (TPSA) is 71.2 Å². The normalized spacial score (nSPS) is 13.5. The summed E-state index contributed by atoms with van der Waals surface area (Å²) in [7, 11) is 0. The van der Waals surface area contributed by atoms with Crippen LogP contribution in [0.5, 0.6) is 0 Å². The molecule has 17 heavy (non-hydrogen) atoms. The van der Waals surface area contributed by atoms with E-state index in [4.69, 9.17) is 5.73 Å². The molecule has 1 aromatic heterocycles. The summed E-state index contributed by atoms with van der Waals surface area (Å²) in [6.45, 7) is 8.23. The van der Waals surface area contributed by atoms with Crippen molar-refractivity contribution in [2.45, 2.75) is 34.1 Å². The Morgan fingerprint density at radius 1 is 1.53 bits per heavy atom. The van der Waals surface area contributed by atoms with Crippen LogP contribution in [-0.4, -0.2) is 11.2 Å². The van der Waals surface area contributed by atoms with Crippen LogP contribution in [0.1, 0.15) is 32.9 Å². The molecule has 1 atom stereocenters. The number of aryl methyl sites for hydroxylation is 1. The van der Waals surface area contributed by atoms with Gasteiger partial charge in [-0.05, 0) is 25.2 Å². The van der Waals surface area contributed by atoms with E-state index < -0.39 is 0 Å². The number of aliphatic imine (C=N–C) groups is 1. The Labute approximate surface area is 102 Å². The van der Waals surface area contributed by atoms with E-state index in [1.807, 2.05) is 6.21 Å². The van der Waals surface area contributed by atoms with Gasteiger partial charge in [0, 0.05) is 18.0 Å². The van der Waals surface area contributed by atoms with Gasteiger partial charge in [-0.1, -0.05) is 20.8 Å². The molecule has 0 aliphatic carbocycles. The van der Waals surface area contributed by atoms with Crippen LogP contribution in [0.3, 0.4) is 0 Å². The second-order valence-electron chi connectivity index (χ2n) is 4.66. The summed E-state index contributed by atoms with van der Waals surface area (Å²) >= 11 is 0. The number of anilines is 1. The van der Waals surface area contributed by atoms with Crippen molar-refractivity contribution < 1.29 is 0 Å². The number of pyridine rings is 1. The number of aromatic nitrogens is 1. The van der Waals surface area contributed by atoms with Crippen LogP contribution < -0.4 is 11.2 Å². The number of nitrogens with zero attached hydrogens (tertiary/aromatic N) is 1. The molecule has 0 amide bonds. The third kappa shape index (κ3) is 3.44. The van der Waals surface area contributed by atoms with Gasteiger partial charge < -0.3 is 10.7 Å². The van der Waals surface area contributed by atoms with Gasteiger partial charge in [-0.15, -0.1) is 0 Å². The summed E-state index contributed by atoms with van der Waals surface area (Å²) in [5.41, 5.74) is 6.59. The average molecular weight is 235 g/mol. The molecule has 0 radical (unpaired) electrons. The zero-order valence-corrected chi connectivity index (χ0v) is 10.9. The molecular weight excluding hydrogens is 214 g/mol. The molecule has 0 fully saturated rings. The van der Waals surface area contributed by atoms with E-state index in [2.05, 4.69) is 30.7 Å². The SMILES string of the molecule is CCC(C=Nc1c(C)[nH]c(N)cc1=O)C(C)C. The summed E-state index contributed by atoms with van der Waals surface area (Å²) in [4.78, 5) is 18.9. The van der Waals surface area contributed by atoms with E-state index in [-0.39, 0.29) is 5.43 Å². The molecule has 0 bridgehead atoms. The molecule has 4 nitrogen and oxygen atoms in total. The lowest BCUT2D eigenvalue weighted by molar-refractivity contribution is 0.489. The number of nitrogens with one attached hydrogen (secondary N) is 1. The van der Waals surface area contributed by atoms with Crippen molar-refractivity contribution >= 4 is 17.7 Å². The van der Waals surface area contributed by atoms with Gasteiger partial charge in [0.05, 0.1) is 0 Å². The molecule has 0 saturated carbocycles. The van der Waals surface area contributed by atoms with Gasteiger partial charge in [-0.3, -0.25) is 9.79 Å². The first-order valence-corrected chi connectivity index (χ1v) is 5.99. The predicted molar refractivity (Wildman–Crippen MR) is 73.0 cm³/mol. The van der Waals surface area contributed by atoms with E-state index >= 15 is 0 Å². The maximum absolute atomic E-state index is 11.7. The van der Waals surface area contributed by atoms with Crippen LogP contribution >= 0.6 is 0 Å². The van der Waals surface area contributed by atoms with E-state index in [1.54, 1.807) is 6.92 Å². The third-order valence-electron chi connectivity index (χ3n) is 2.93. The van der Waals surface area contributed by atoms with Gasteiger partial charge in [0.2, 0.25) is 5.43 Å². The number of nitrogen functional groups attached to an aromatic ring is 1. The van der Waals surface area contributed by atoms with Gasteiger partial charge in [0.1, 0.15) is 11.5 Å². The Hall–Kier alpha value is -1.58.